The van der Waals surface area contributed by atoms with Crippen molar-refractivity contribution in [3.05, 3.63) is 42.0 Å². The number of ether oxygens (including phenoxy) is 3. The van der Waals surface area contributed by atoms with Crippen LogP contribution in [-0.2, 0) is 25.5 Å². The Balaban J connectivity index is 1.31. The molecule has 0 radical (unpaired) electrons. The molecule has 2 aromatic carbocycles. The predicted octanol–water partition coefficient (Wildman–Crippen LogP) is 3.04. The molecule has 0 bridgehead atoms. The topological polar surface area (TPSA) is 106 Å². The number of fused-ring (bicyclic) bond motifs is 1. The van der Waals surface area contributed by atoms with Gasteiger partial charge in [0.1, 0.15) is 11.8 Å². The van der Waals surface area contributed by atoms with E-state index in [4.69, 9.17) is 14.2 Å². The van der Waals surface area contributed by atoms with E-state index in [1.54, 1.807) is 14.2 Å². The van der Waals surface area contributed by atoms with Crippen molar-refractivity contribution in [2.75, 3.05) is 41.0 Å². The molecule has 3 amide bonds. The van der Waals surface area contributed by atoms with E-state index in [1.807, 2.05) is 12.1 Å². The average Bonchev–Trinajstić information content (AvgIpc) is 3.35. The van der Waals surface area contributed by atoms with Gasteiger partial charge in [-0.15, -0.1) is 0 Å². The molecule has 2 atom stereocenters. The highest BCUT2D eigenvalue weighted by molar-refractivity contribution is 5.88. The summed E-state index contributed by atoms with van der Waals surface area (Å²) >= 11 is 0. The molecule has 0 spiro atoms. The van der Waals surface area contributed by atoms with E-state index in [9.17, 15) is 14.4 Å². The van der Waals surface area contributed by atoms with Crippen molar-refractivity contribution < 1.29 is 28.6 Å². The van der Waals surface area contributed by atoms with Crippen LogP contribution in [0.4, 0.5) is 4.79 Å². The Bertz CT molecular complexity index is 1040. The van der Waals surface area contributed by atoms with Crippen molar-refractivity contribution in [2.45, 2.75) is 50.7 Å². The maximum atomic E-state index is 12.5. The Morgan fingerprint density at radius 2 is 1.69 bits per heavy atom. The summed E-state index contributed by atoms with van der Waals surface area (Å²) < 4.78 is 15.6. The lowest BCUT2D eigenvalue weighted by atomic mass is 10.0. The lowest BCUT2D eigenvalue weighted by molar-refractivity contribution is -0.150. The van der Waals surface area contributed by atoms with Crippen molar-refractivity contribution in [1.82, 2.24) is 15.5 Å². The number of urea groups is 1. The lowest BCUT2D eigenvalue weighted by Gasteiger charge is -2.22. The molecule has 36 heavy (non-hydrogen) atoms. The quantitative estimate of drug-likeness (QED) is 0.344. The highest BCUT2D eigenvalue weighted by Gasteiger charge is 2.40. The first-order chi connectivity index (χ1) is 17.5. The van der Waals surface area contributed by atoms with E-state index >= 15 is 0 Å². The number of amides is 3. The van der Waals surface area contributed by atoms with Crippen LogP contribution < -0.4 is 15.4 Å². The monoisotopic (exact) mass is 499 g/mol. The number of benzene rings is 2. The Labute approximate surface area is 212 Å². The van der Waals surface area contributed by atoms with Gasteiger partial charge >= 0.3 is 12.0 Å². The summed E-state index contributed by atoms with van der Waals surface area (Å²) in [6.07, 6.45) is 5.02. The zero-order valence-electron chi connectivity index (χ0n) is 21.4. The molecule has 9 nitrogen and oxygen atoms in total. The highest BCUT2D eigenvalue weighted by atomic mass is 16.5. The second-order valence-electron chi connectivity index (χ2n) is 8.96. The van der Waals surface area contributed by atoms with Crippen molar-refractivity contribution in [3.8, 4) is 5.75 Å². The SMILES string of the molecule is COC(=O)[C@@H]1C[C@H](OC)CN1C(=O)CNC(=O)NCCCCCCc1cc2ccccc2cc1OC. The summed E-state index contributed by atoms with van der Waals surface area (Å²) in [6.45, 7) is 0.631. The van der Waals surface area contributed by atoms with E-state index in [2.05, 4.69) is 34.9 Å². The fraction of sp³-hybridized carbons (Fsp3) is 0.519. The van der Waals surface area contributed by atoms with Gasteiger partial charge in [0, 0.05) is 26.6 Å². The second kappa shape index (κ2) is 13.7. The zero-order chi connectivity index (χ0) is 25.9. The Hall–Kier alpha value is -3.33. The summed E-state index contributed by atoms with van der Waals surface area (Å²) in [5.74, 6) is 0.0989. The van der Waals surface area contributed by atoms with Gasteiger partial charge in [0.15, 0.2) is 0 Å². The first-order valence-corrected chi connectivity index (χ1v) is 12.4. The molecule has 1 aliphatic rings. The normalized spacial score (nSPS) is 17.1. The standard InChI is InChI=1S/C27H37N3O6/c1-34-22-16-23(26(32)36-3)30(18-22)25(31)17-29-27(33)28-13-9-5-4-6-12-21-14-19-10-7-8-11-20(19)15-24(21)35-2/h7-8,10-11,14-15,22-23H,4-6,9,12-13,16-18H2,1-3H3,(H2,28,29,33)/t22-,23-/m0/s1. The summed E-state index contributed by atoms with van der Waals surface area (Å²) in [7, 11) is 4.53. The fourth-order valence-corrected chi connectivity index (χ4v) is 4.57. The number of carbonyl (C=O) groups excluding carboxylic acids is 3. The van der Waals surface area contributed by atoms with Crippen LogP contribution in [0.15, 0.2) is 36.4 Å². The van der Waals surface area contributed by atoms with Gasteiger partial charge in [-0.3, -0.25) is 4.79 Å². The maximum Gasteiger partial charge on any atom is 0.328 e. The summed E-state index contributed by atoms with van der Waals surface area (Å²) in [4.78, 5) is 38.0. The van der Waals surface area contributed by atoms with E-state index in [1.165, 1.54) is 28.3 Å². The van der Waals surface area contributed by atoms with Gasteiger partial charge in [0.05, 0.1) is 26.9 Å². The number of esters is 1. The number of hydrogen-bond donors (Lipinski definition) is 2. The van der Waals surface area contributed by atoms with Crippen LogP contribution in [0.25, 0.3) is 10.8 Å². The molecule has 196 valence electrons. The minimum atomic E-state index is -0.688. The van der Waals surface area contributed by atoms with E-state index < -0.39 is 18.0 Å². The molecule has 1 heterocycles. The number of methoxy groups -OCH3 is 3. The molecule has 9 heteroatoms. The molecule has 0 aliphatic carbocycles. The van der Waals surface area contributed by atoms with Gasteiger partial charge in [-0.1, -0.05) is 37.1 Å². The summed E-state index contributed by atoms with van der Waals surface area (Å²) in [5, 5.41) is 7.74. The third-order valence-corrected chi connectivity index (χ3v) is 6.60. The lowest BCUT2D eigenvalue weighted by Crippen LogP contribution is -2.47. The minimum Gasteiger partial charge on any atom is -0.496 e. The molecule has 1 fully saturated rings. The predicted molar refractivity (Wildman–Crippen MR) is 137 cm³/mol. The van der Waals surface area contributed by atoms with E-state index in [-0.39, 0.29) is 18.6 Å². The molecule has 0 unspecified atom stereocenters. The van der Waals surface area contributed by atoms with Crippen LogP contribution in [0, 0.1) is 0 Å². The van der Waals surface area contributed by atoms with E-state index in [0.29, 0.717) is 19.5 Å². The first kappa shape index (κ1) is 27.3. The first-order valence-electron chi connectivity index (χ1n) is 12.4. The number of likely N-dealkylation sites (tertiary alicyclic amines) is 1. The molecule has 2 N–H and O–H groups in total. The van der Waals surface area contributed by atoms with Crippen molar-refractivity contribution in [2.24, 2.45) is 0 Å². The van der Waals surface area contributed by atoms with Crippen molar-refractivity contribution in [3.63, 3.8) is 0 Å². The number of rotatable bonds is 12. The van der Waals surface area contributed by atoms with Crippen molar-refractivity contribution in [1.29, 1.82) is 0 Å². The smallest absolute Gasteiger partial charge is 0.328 e. The average molecular weight is 500 g/mol. The maximum absolute atomic E-state index is 12.5. The molecular weight excluding hydrogens is 462 g/mol. The van der Waals surface area contributed by atoms with Crippen molar-refractivity contribution >= 4 is 28.7 Å². The third-order valence-electron chi connectivity index (χ3n) is 6.60. The third kappa shape index (κ3) is 7.34. The molecule has 0 saturated carbocycles. The zero-order valence-corrected chi connectivity index (χ0v) is 21.4. The number of carbonyl (C=O) groups is 3. The number of nitrogens with one attached hydrogen (secondary N) is 2. The minimum absolute atomic E-state index is 0.191. The van der Waals surface area contributed by atoms with Gasteiger partial charge in [-0.25, -0.2) is 9.59 Å². The van der Waals surface area contributed by atoms with Gasteiger partial charge in [0.2, 0.25) is 5.91 Å². The Kier molecular flexibility index (Phi) is 10.4. The van der Waals surface area contributed by atoms with Gasteiger partial charge in [-0.2, -0.15) is 0 Å². The summed E-state index contributed by atoms with van der Waals surface area (Å²) in [5.41, 5.74) is 1.21. The second-order valence-corrected chi connectivity index (χ2v) is 8.96. The van der Waals surface area contributed by atoms with Crippen LogP contribution in [0.1, 0.15) is 37.7 Å². The largest absolute Gasteiger partial charge is 0.496 e. The number of unbranched alkanes of at least 4 members (excludes halogenated alkanes) is 3. The number of hydrogen-bond acceptors (Lipinski definition) is 6. The molecule has 1 aliphatic heterocycles. The molecule has 2 aromatic rings. The van der Waals surface area contributed by atoms with Crippen LogP contribution in [0.2, 0.25) is 0 Å². The van der Waals surface area contributed by atoms with Gasteiger partial charge in [-0.05, 0) is 47.7 Å². The highest BCUT2D eigenvalue weighted by Crippen LogP contribution is 2.27. The molecule has 0 aromatic heterocycles. The fourth-order valence-electron chi connectivity index (χ4n) is 4.57. The molecular formula is C27H37N3O6. The van der Waals surface area contributed by atoms with E-state index in [0.717, 1.165) is 37.9 Å². The van der Waals surface area contributed by atoms with Gasteiger partial charge in [0.25, 0.3) is 0 Å². The summed E-state index contributed by atoms with van der Waals surface area (Å²) in [6, 6.07) is 11.5. The Morgan fingerprint density at radius 3 is 2.39 bits per heavy atom. The molecule has 1 saturated heterocycles. The Morgan fingerprint density at radius 1 is 0.972 bits per heavy atom. The van der Waals surface area contributed by atoms with Crippen LogP contribution >= 0.6 is 0 Å². The van der Waals surface area contributed by atoms with Gasteiger partial charge < -0.3 is 29.7 Å². The van der Waals surface area contributed by atoms with Crippen LogP contribution in [0.5, 0.6) is 5.75 Å². The number of aryl methyl sites for hydroxylation is 1. The molecule has 3 rings (SSSR count). The number of nitrogens with zero attached hydrogens (tertiary/aromatic N) is 1. The van der Waals surface area contributed by atoms with Crippen LogP contribution in [-0.4, -0.2) is 75.9 Å². The van der Waals surface area contributed by atoms with Crippen LogP contribution in [0.3, 0.4) is 0 Å².